The number of aromatic hydroxyl groups is 1. The van der Waals surface area contributed by atoms with E-state index in [1.165, 1.54) is 23.8 Å². The van der Waals surface area contributed by atoms with Gasteiger partial charge in [-0.15, -0.1) is 0 Å². The van der Waals surface area contributed by atoms with Crippen molar-refractivity contribution >= 4 is 49.6 Å². The van der Waals surface area contributed by atoms with E-state index < -0.39 is 22.8 Å². The van der Waals surface area contributed by atoms with Crippen LogP contribution in [0.3, 0.4) is 0 Å². The number of nitrogens with zero attached hydrogens (tertiary/aromatic N) is 1. The van der Waals surface area contributed by atoms with Gasteiger partial charge in [0.1, 0.15) is 21.8 Å². The zero-order valence-electron chi connectivity index (χ0n) is 18.2. The molecule has 0 saturated heterocycles. The number of pyridine rings is 1. The first-order valence-electron chi connectivity index (χ1n) is 10.4. The highest BCUT2D eigenvalue weighted by Crippen LogP contribution is 2.38. The van der Waals surface area contributed by atoms with Crippen LogP contribution in [0, 0.1) is 5.82 Å². The Labute approximate surface area is 210 Å². The van der Waals surface area contributed by atoms with Gasteiger partial charge in [-0.25, -0.2) is 9.18 Å². The summed E-state index contributed by atoms with van der Waals surface area (Å²) in [7, 11) is 1.49. The summed E-state index contributed by atoms with van der Waals surface area (Å²) in [5.41, 5.74) is -0.400. The molecule has 176 valence electrons. The van der Waals surface area contributed by atoms with Crippen molar-refractivity contribution in [1.29, 1.82) is 0 Å². The highest BCUT2D eigenvalue weighted by molar-refractivity contribution is 9.10. The molecule has 0 saturated carbocycles. The van der Waals surface area contributed by atoms with Crippen molar-refractivity contribution in [2.24, 2.45) is 0 Å². The number of fused-ring (bicyclic) bond motifs is 3. The number of methoxy groups -OCH3 is 1. The molecular weight excluding hydrogens is 537 g/mol. The summed E-state index contributed by atoms with van der Waals surface area (Å²) in [6.45, 7) is 0.0306. The fourth-order valence-corrected chi connectivity index (χ4v) is 5.35. The topological polar surface area (TPSA) is 81.7 Å². The molecule has 0 fully saturated rings. The summed E-state index contributed by atoms with van der Waals surface area (Å²) in [5, 5.41) is 11.5. The van der Waals surface area contributed by atoms with Crippen molar-refractivity contribution < 1.29 is 18.7 Å². The van der Waals surface area contributed by atoms with Crippen LogP contribution < -0.4 is 15.9 Å². The number of rotatable bonds is 5. The van der Waals surface area contributed by atoms with Crippen LogP contribution in [0.4, 0.5) is 4.39 Å². The second kappa shape index (κ2) is 9.24. The number of hydrogen-bond acceptors (Lipinski definition) is 6. The van der Waals surface area contributed by atoms with Gasteiger partial charge in [0.25, 0.3) is 5.56 Å². The van der Waals surface area contributed by atoms with Gasteiger partial charge in [-0.2, -0.15) is 0 Å². The quantitative estimate of drug-likeness (QED) is 0.272. The smallest absolute Gasteiger partial charge is 0.354 e. The number of aromatic nitrogens is 1. The van der Waals surface area contributed by atoms with Gasteiger partial charge in [-0.1, -0.05) is 45.9 Å². The Bertz CT molecular complexity index is 1730. The Balaban J connectivity index is 1.81. The Morgan fingerprint density at radius 3 is 2.63 bits per heavy atom. The van der Waals surface area contributed by atoms with Gasteiger partial charge in [0.2, 0.25) is 0 Å². The van der Waals surface area contributed by atoms with Crippen molar-refractivity contribution in [1.82, 2.24) is 4.57 Å². The molecule has 35 heavy (non-hydrogen) atoms. The van der Waals surface area contributed by atoms with E-state index in [-0.39, 0.29) is 22.4 Å². The molecule has 6 nitrogen and oxygen atoms in total. The molecule has 5 aromatic rings. The summed E-state index contributed by atoms with van der Waals surface area (Å²) < 4.78 is 27.0. The van der Waals surface area contributed by atoms with Gasteiger partial charge >= 0.3 is 5.63 Å². The SMILES string of the molecule is COc1ccc2c3oc(=O)c(Sc4cccc(Br)c4)c(O)c3c(=O)n(Cc3cccc(F)c3)c2c1. The van der Waals surface area contributed by atoms with Crippen molar-refractivity contribution in [3.8, 4) is 11.5 Å². The Morgan fingerprint density at radius 2 is 1.89 bits per heavy atom. The molecule has 0 aliphatic heterocycles. The van der Waals surface area contributed by atoms with E-state index in [0.717, 1.165) is 16.2 Å². The van der Waals surface area contributed by atoms with Crippen LogP contribution in [0.1, 0.15) is 5.56 Å². The lowest BCUT2D eigenvalue weighted by molar-refractivity contribution is 0.415. The fraction of sp³-hybridized carbons (Fsp3) is 0.0769. The minimum absolute atomic E-state index is 0.0239. The van der Waals surface area contributed by atoms with Crippen LogP contribution in [0.25, 0.3) is 21.9 Å². The van der Waals surface area contributed by atoms with E-state index in [1.807, 2.05) is 6.07 Å². The normalized spacial score (nSPS) is 11.3. The summed E-state index contributed by atoms with van der Waals surface area (Å²) in [6, 6.07) is 18.0. The predicted molar refractivity (Wildman–Crippen MR) is 136 cm³/mol. The van der Waals surface area contributed by atoms with Crippen molar-refractivity contribution in [3.05, 3.63) is 103 Å². The first-order chi connectivity index (χ1) is 16.9. The van der Waals surface area contributed by atoms with Crippen molar-refractivity contribution in [2.75, 3.05) is 7.11 Å². The third kappa shape index (κ3) is 4.33. The second-order valence-corrected chi connectivity index (χ2v) is 9.73. The molecule has 0 aliphatic carbocycles. The average molecular weight is 554 g/mol. The third-order valence-corrected chi connectivity index (χ3v) is 7.05. The zero-order chi connectivity index (χ0) is 24.7. The van der Waals surface area contributed by atoms with Crippen LogP contribution in [-0.4, -0.2) is 16.8 Å². The lowest BCUT2D eigenvalue weighted by Crippen LogP contribution is -2.23. The third-order valence-electron chi connectivity index (χ3n) is 5.50. The van der Waals surface area contributed by atoms with Gasteiger partial charge in [0.05, 0.1) is 19.2 Å². The van der Waals surface area contributed by atoms with E-state index in [1.54, 1.807) is 48.5 Å². The standard InChI is InChI=1S/C26H17BrFNO5S/c1-33-17-8-9-19-20(12-17)29(13-14-4-2-6-16(28)10-14)25(31)21-22(30)24(26(32)34-23(19)21)35-18-7-3-5-15(27)11-18/h2-12,30H,13H2,1H3. The molecular formula is C26H17BrFNO5S. The molecule has 0 aliphatic rings. The molecule has 9 heteroatoms. The molecule has 0 atom stereocenters. The largest absolute Gasteiger partial charge is 0.505 e. The molecule has 0 bridgehead atoms. The summed E-state index contributed by atoms with van der Waals surface area (Å²) in [4.78, 5) is 27.2. The van der Waals surface area contributed by atoms with E-state index in [0.29, 0.717) is 27.1 Å². The number of ether oxygens (including phenoxy) is 1. The van der Waals surface area contributed by atoms with E-state index in [2.05, 4.69) is 15.9 Å². The summed E-state index contributed by atoms with van der Waals surface area (Å²) >= 11 is 4.38. The molecule has 2 heterocycles. The maximum absolute atomic E-state index is 13.8. The lowest BCUT2D eigenvalue weighted by atomic mass is 10.1. The highest BCUT2D eigenvalue weighted by atomic mass is 79.9. The van der Waals surface area contributed by atoms with Crippen LogP contribution >= 0.6 is 27.7 Å². The molecule has 0 spiro atoms. The number of halogens is 2. The molecule has 1 N–H and O–H groups in total. The van der Waals surface area contributed by atoms with Gasteiger partial charge in [-0.05, 0) is 48.0 Å². The first kappa shape index (κ1) is 23.2. The minimum atomic E-state index is -0.764. The molecule has 5 rings (SSSR count). The Morgan fingerprint density at radius 1 is 1.09 bits per heavy atom. The van der Waals surface area contributed by atoms with Crippen molar-refractivity contribution in [2.45, 2.75) is 16.3 Å². The molecule has 3 aromatic carbocycles. The zero-order valence-corrected chi connectivity index (χ0v) is 20.7. The maximum Gasteiger partial charge on any atom is 0.354 e. The van der Waals surface area contributed by atoms with Gasteiger partial charge in [0.15, 0.2) is 11.3 Å². The second-order valence-electron chi connectivity index (χ2n) is 7.74. The minimum Gasteiger partial charge on any atom is -0.505 e. The predicted octanol–water partition coefficient (Wildman–Crippen LogP) is 5.92. The van der Waals surface area contributed by atoms with Gasteiger partial charge in [-0.3, -0.25) is 4.79 Å². The summed E-state index contributed by atoms with van der Waals surface area (Å²) in [5.74, 6) is -0.408. The van der Waals surface area contributed by atoms with Crippen LogP contribution in [0.15, 0.2) is 95.0 Å². The maximum atomic E-state index is 13.8. The Kier molecular flexibility index (Phi) is 6.12. The monoisotopic (exact) mass is 553 g/mol. The Hall–Kier alpha value is -3.56. The highest BCUT2D eigenvalue weighted by Gasteiger charge is 2.23. The van der Waals surface area contributed by atoms with Gasteiger partial charge < -0.3 is 18.8 Å². The lowest BCUT2D eigenvalue weighted by Gasteiger charge is -2.15. The van der Waals surface area contributed by atoms with Crippen molar-refractivity contribution in [3.63, 3.8) is 0 Å². The first-order valence-corrected chi connectivity index (χ1v) is 12.0. The fourth-order valence-electron chi connectivity index (χ4n) is 3.91. The van der Waals surface area contributed by atoms with E-state index in [9.17, 15) is 19.1 Å². The number of benzene rings is 3. The van der Waals surface area contributed by atoms with E-state index in [4.69, 9.17) is 9.15 Å². The molecule has 0 amide bonds. The molecule has 0 radical (unpaired) electrons. The van der Waals surface area contributed by atoms with E-state index >= 15 is 0 Å². The van der Waals surface area contributed by atoms with Crippen LogP contribution in [0.5, 0.6) is 11.5 Å². The average Bonchev–Trinajstić information content (AvgIpc) is 2.83. The van der Waals surface area contributed by atoms with Crippen LogP contribution in [-0.2, 0) is 6.54 Å². The summed E-state index contributed by atoms with van der Waals surface area (Å²) in [6.07, 6.45) is 0. The molecule has 0 unspecified atom stereocenters. The number of hydrogen-bond donors (Lipinski definition) is 1. The van der Waals surface area contributed by atoms with Gasteiger partial charge in [0, 0.05) is 20.8 Å². The molecule has 2 aromatic heterocycles. The van der Waals surface area contributed by atoms with Crippen LogP contribution in [0.2, 0.25) is 0 Å².